The molecule has 0 radical (unpaired) electrons. The van der Waals surface area contributed by atoms with Gasteiger partial charge in [-0.1, -0.05) is 6.07 Å². The first kappa shape index (κ1) is 16.0. The van der Waals surface area contributed by atoms with Crippen molar-refractivity contribution in [1.29, 1.82) is 0 Å². The lowest BCUT2D eigenvalue weighted by Crippen LogP contribution is -2.44. The van der Waals surface area contributed by atoms with Crippen LogP contribution in [0, 0.1) is 3.57 Å². The second-order valence-electron chi connectivity index (χ2n) is 4.98. The Balaban J connectivity index is 0.00000147. The standard InChI is InChI=1S/C14H17IN2O2.ClH/c15-13-10(3-6-17-7-4-16-5-8-17)1-2-11-12(13)9-19-14(11)18;/h1-2,16H,3-9H2;1H. The van der Waals surface area contributed by atoms with Crippen LogP contribution in [0.1, 0.15) is 21.5 Å². The second-order valence-corrected chi connectivity index (χ2v) is 6.06. The third-order valence-corrected chi connectivity index (χ3v) is 5.14. The Morgan fingerprint density at radius 2 is 2.05 bits per heavy atom. The summed E-state index contributed by atoms with van der Waals surface area (Å²) >= 11 is 2.35. The molecule has 110 valence electrons. The molecule has 2 aliphatic heterocycles. The predicted octanol–water partition coefficient (Wildman–Crippen LogP) is 1.83. The third kappa shape index (κ3) is 3.27. The van der Waals surface area contributed by atoms with Crippen LogP contribution in [0.25, 0.3) is 0 Å². The smallest absolute Gasteiger partial charge is 0.338 e. The largest absolute Gasteiger partial charge is 0.457 e. The number of rotatable bonds is 3. The number of piperazine rings is 1. The fourth-order valence-corrected chi connectivity index (χ4v) is 3.52. The zero-order chi connectivity index (χ0) is 13.2. The summed E-state index contributed by atoms with van der Waals surface area (Å²) in [6.45, 7) is 5.96. The SMILES string of the molecule is Cl.O=C1OCc2c1ccc(CCN1CCNCC1)c2I. The number of esters is 1. The Morgan fingerprint density at radius 3 is 2.80 bits per heavy atom. The molecule has 0 bridgehead atoms. The number of nitrogens with one attached hydrogen (secondary N) is 1. The molecular formula is C14H18ClIN2O2. The molecule has 2 heterocycles. The van der Waals surface area contributed by atoms with Crippen molar-refractivity contribution in [2.75, 3.05) is 32.7 Å². The van der Waals surface area contributed by atoms with Crippen LogP contribution in [0.2, 0.25) is 0 Å². The average molecular weight is 409 g/mol. The van der Waals surface area contributed by atoms with E-state index in [1.54, 1.807) is 0 Å². The highest BCUT2D eigenvalue weighted by atomic mass is 127. The minimum atomic E-state index is -0.179. The summed E-state index contributed by atoms with van der Waals surface area (Å²) in [5.74, 6) is -0.179. The first-order valence-electron chi connectivity index (χ1n) is 6.66. The summed E-state index contributed by atoms with van der Waals surface area (Å²) in [7, 11) is 0. The average Bonchev–Trinajstić information content (AvgIpc) is 2.82. The molecule has 0 amide bonds. The molecule has 1 fully saturated rings. The highest BCUT2D eigenvalue weighted by molar-refractivity contribution is 14.1. The monoisotopic (exact) mass is 408 g/mol. The zero-order valence-corrected chi connectivity index (χ0v) is 14.1. The molecule has 20 heavy (non-hydrogen) atoms. The topological polar surface area (TPSA) is 41.6 Å². The van der Waals surface area contributed by atoms with Gasteiger partial charge in [0.1, 0.15) is 6.61 Å². The van der Waals surface area contributed by atoms with E-state index in [-0.39, 0.29) is 18.4 Å². The Bertz CT molecular complexity index is 504. The van der Waals surface area contributed by atoms with Gasteiger partial charge in [-0.3, -0.25) is 0 Å². The number of hydrogen-bond acceptors (Lipinski definition) is 4. The maximum Gasteiger partial charge on any atom is 0.338 e. The number of carbonyl (C=O) groups excluding carboxylic acids is 1. The second kappa shape index (κ2) is 7.06. The summed E-state index contributed by atoms with van der Waals surface area (Å²) in [6, 6.07) is 4.00. The van der Waals surface area contributed by atoms with E-state index < -0.39 is 0 Å². The third-order valence-electron chi connectivity index (χ3n) is 3.80. The van der Waals surface area contributed by atoms with E-state index >= 15 is 0 Å². The highest BCUT2D eigenvalue weighted by Gasteiger charge is 2.24. The summed E-state index contributed by atoms with van der Waals surface area (Å²) in [5.41, 5.74) is 3.15. The van der Waals surface area contributed by atoms with Crippen LogP contribution >= 0.6 is 35.0 Å². The van der Waals surface area contributed by atoms with Crippen molar-refractivity contribution in [3.63, 3.8) is 0 Å². The molecule has 0 aromatic heterocycles. The number of ether oxygens (including phenoxy) is 1. The van der Waals surface area contributed by atoms with Crippen molar-refractivity contribution in [1.82, 2.24) is 10.2 Å². The van der Waals surface area contributed by atoms with Crippen LogP contribution < -0.4 is 5.32 Å². The maximum atomic E-state index is 11.5. The number of carbonyl (C=O) groups is 1. The molecule has 2 aliphatic rings. The lowest BCUT2D eigenvalue weighted by Gasteiger charge is -2.27. The van der Waals surface area contributed by atoms with Crippen molar-refractivity contribution in [2.45, 2.75) is 13.0 Å². The highest BCUT2D eigenvalue weighted by Crippen LogP contribution is 2.28. The fraction of sp³-hybridized carbons (Fsp3) is 0.500. The van der Waals surface area contributed by atoms with Gasteiger partial charge in [0.15, 0.2) is 0 Å². The molecule has 0 unspecified atom stereocenters. The number of nitrogens with zero attached hydrogens (tertiary/aromatic N) is 1. The van der Waals surface area contributed by atoms with Crippen molar-refractivity contribution < 1.29 is 9.53 Å². The number of cyclic esters (lactones) is 1. The molecule has 0 saturated carbocycles. The molecule has 4 nitrogen and oxygen atoms in total. The van der Waals surface area contributed by atoms with E-state index in [1.165, 1.54) is 9.13 Å². The fourth-order valence-electron chi connectivity index (χ4n) is 2.62. The molecule has 1 N–H and O–H groups in total. The first-order chi connectivity index (χ1) is 9.25. The van der Waals surface area contributed by atoms with Gasteiger partial charge in [-0.25, -0.2) is 4.79 Å². The van der Waals surface area contributed by atoms with Gasteiger partial charge in [0.25, 0.3) is 0 Å². The van der Waals surface area contributed by atoms with Crippen molar-refractivity contribution in [2.24, 2.45) is 0 Å². The van der Waals surface area contributed by atoms with Gasteiger partial charge in [-0.15, -0.1) is 12.4 Å². The molecule has 0 atom stereocenters. The normalized spacial score (nSPS) is 18.4. The number of hydrogen-bond donors (Lipinski definition) is 1. The summed E-state index contributed by atoms with van der Waals surface area (Å²) in [5, 5.41) is 3.37. The molecule has 0 aliphatic carbocycles. The lowest BCUT2D eigenvalue weighted by atomic mass is 10.0. The van der Waals surface area contributed by atoms with Crippen LogP contribution in [0.3, 0.4) is 0 Å². The molecule has 3 rings (SSSR count). The van der Waals surface area contributed by atoms with Crippen LogP contribution in [-0.4, -0.2) is 43.6 Å². The van der Waals surface area contributed by atoms with Gasteiger partial charge in [0.05, 0.1) is 5.56 Å². The molecule has 0 spiro atoms. The Labute approximate surface area is 138 Å². The van der Waals surface area contributed by atoms with E-state index in [0.29, 0.717) is 6.61 Å². The Kier molecular flexibility index (Phi) is 5.65. The Hall–Kier alpha value is -0.370. The first-order valence-corrected chi connectivity index (χ1v) is 7.74. The summed E-state index contributed by atoms with van der Waals surface area (Å²) in [6.07, 6.45) is 1.04. The van der Waals surface area contributed by atoms with E-state index in [9.17, 15) is 4.79 Å². The van der Waals surface area contributed by atoms with Crippen LogP contribution in [0.5, 0.6) is 0 Å². The van der Waals surface area contributed by atoms with Gasteiger partial charge in [-0.05, 0) is 40.6 Å². The van der Waals surface area contributed by atoms with Gasteiger partial charge >= 0.3 is 5.97 Å². The maximum absolute atomic E-state index is 11.5. The van der Waals surface area contributed by atoms with E-state index in [4.69, 9.17) is 4.74 Å². The van der Waals surface area contributed by atoms with Crippen LogP contribution in [0.4, 0.5) is 0 Å². The van der Waals surface area contributed by atoms with E-state index in [2.05, 4.69) is 38.9 Å². The van der Waals surface area contributed by atoms with Crippen LogP contribution in [-0.2, 0) is 17.8 Å². The molecule has 6 heteroatoms. The minimum Gasteiger partial charge on any atom is -0.457 e. The minimum absolute atomic E-state index is 0. The number of benzene rings is 1. The Morgan fingerprint density at radius 1 is 1.30 bits per heavy atom. The van der Waals surface area contributed by atoms with Gasteiger partial charge in [0, 0.05) is 41.9 Å². The lowest BCUT2D eigenvalue weighted by molar-refractivity contribution is 0.0534. The summed E-state index contributed by atoms with van der Waals surface area (Å²) in [4.78, 5) is 14.0. The molecular weight excluding hydrogens is 391 g/mol. The van der Waals surface area contributed by atoms with Crippen LogP contribution in [0.15, 0.2) is 12.1 Å². The van der Waals surface area contributed by atoms with E-state index in [1.807, 2.05) is 6.07 Å². The van der Waals surface area contributed by atoms with Crippen molar-refractivity contribution in [3.05, 3.63) is 32.4 Å². The van der Waals surface area contributed by atoms with E-state index in [0.717, 1.165) is 50.3 Å². The zero-order valence-electron chi connectivity index (χ0n) is 11.2. The summed E-state index contributed by atoms with van der Waals surface area (Å²) < 4.78 is 6.30. The van der Waals surface area contributed by atoms with Crippen molar-refractivity contribution >= 4 is 41.0 Å². The van der Waals surface area contributed by atoms with Gasteiger partial charge in [0.2, 0.25) is 0 Å². The van der Waals surface area contributed by atoms with Gasteiger partial charge < -0.3 is 15.0 Å². The number of halogens is 2. The number of fused-ring (bicyclic) bond motifs is 1. The predicted molar refractivity (Wildman–Crippen MR) is 88.5 cm³/mol. The van der Waals surface area contributed by atoms with Crippen molar-refractivity contribution in [3.8, 4) is 0 Å². The quantitative estimate of drug-likeness (QED) is 0.612. The molecule has 1 saturated heterocycles. The molecule has 1 aromatic carbocycles. The molecule has 1 aromatic rings. The van der Waals surface area contributed by atoms with Gasteiger partial charge in [-0.2, -0.15) is 0 Å².